The fraction of sp³-hybridized carbons (Fsp3) is 0.250. The number of amides is 1. The quantitative estimate of drug-likeness (QED) is 0.940. The molecular weight excluding hydrogens is 271 g/mol. The van der Waals surface area contributed by atoms with Gasteiger partial charge in [0.25, 0.3) is 0 Å². The zero-order valence-corrected chi connectivity index (χ0v) is 11.4. The Bertz CT molecular complexity index is 655. The van der Waals surface area contributed by atoms with Crippen molar-refractivity contribution in [3.63, 3.8) is 0 Å². The monoisotopic (exact) mass is 286 g/mol. The first-order valence-corrected chi connectivity index (χ1v) is 6.79. The standard InChI is InChI=1S/C16H15FN2O2/c17-13-7-11(4-5-15(13)20)8-16(21)19-9-12(10-19)14-3-1-2-6-18-14/h1-7,12,20H,8-10H2. The van der Waals surface area contributed by atoms with Crippen LogP contribution in [0.1, 0.15) is 17.2 Å². The number of carbonyl (C=O) groups excluding carboxylic acids is 1. The Balaban J connectivity index is 1.57. The van der Waals surface area contributed by atoms with Crippen LogP contribution in [0.3, 0.4) is 0 Å². The molecule has 5 heteroatoms. The van der Waals surface area contributed by atoms with Crippen molar-refractivity contribution in [3.05, 3.63) is 59.7 Å². The molecule has 2 heterocycles. The minimum atomic E-state index is -0.699. The predicted octanol–water partition coefficient (Wildman–Crippen LogP) is 2.09. The van der Waals surface area contributed by atoms with Gasteiger partial charge in [-0.15, -0.1) is 0 Å². The van der Waals surface area contributed by atoms with E-state index in [4.69, 9.17) is 5.11 Å². The van der Waals surface area contributed by atoms with E-state index in [0.717, 1.165) is 5.69 Å². The number of halogens is 1. The van der Waals surface area contributed by atoms with E-state index < -0.39 is 11.6 Å². The van der Waals surface area contributed by atoms with Crippen LogP contribution in [-0.2, 0) is 11.2 Å². The third-order valence-electron chi connectivity index (χ3n) is 3.71. The van der Waals surface area contributed by atoms with E-state index in [1.165, 1.54) is 12.1 Å². The maximum Gasteiger partial charge on any atom is 0.227 e. The number of nitrogens with zero attached hydrogens (tertiary/aromatic N) is 2. The molecule has 0 radical (unpaired) electrons. The number of aromatic nitrogens is 1. The second kappa shape index (κ2) is 5.52. The molecule has 1 aromatic carbocycles. The molecule has 3 rings (SSSR count). The summed E-state index contributed by atoms with van der Waals surface area (Å²) in [5.74, 6) is -0.848. The highest BCUT2D eigenvalue weighted by Gasteiger charge is 2.32. The van der Waals surface area contributed by atoms with E-state index >= 15 is 0 Å². The molecule has 1 aromatic heterocycles. The Hall–Kier alpha value is -2.43. The van der Waals surface area contributed by atoms with Gasteiger partial charge in [0, 0.05) is 30.9 Å². The van der Waals surface area contributed by atoms with Gasteiger partial charge in [-0.1, -0.05) is 12.1 Å². The topological polar surface area (TPSA) is 53.4 Å². The highest BCUT2D eigenvalue weighted by atomic mass is 19.1. The van der Waals surface area contributed by atoms with Gasteiger partial charge in [0.05, 0.1) is 6.42 Å². The summed E-state index contributed by atoms with van der Waals surface area (Å²) in [5, 5.41) is 9.13. The fourth-order valence-electron chi connectivity index (χ4n) is 2.43. The number of rotatable bonds is 3. The summed E-state index contributed by atoms with van der Waals surface area (Å²) in [5.41, 5.74) is 1.56. The number of likely N-dealkylation sites (tertiary alicyclic amines) is 1. The summed E-state index contributed by atoms with van der Waals surface area (Å²) in [6, 6.07) is 9.79. The average molecular weight is 286 g/mol. The zero-order valence-electron chi connectivity index (χ0n) is 11.4. The lowest BCUT2D eigenvalue weighted by atomic mass is 9.95. The molecule has 1 N–H and O–H groups in total. The van der Waals surface area contributed by atoms with E-state index in [9.17, 15) is 9.18 Å². The third kappa shape index (κ3) is 2.86. The van der Waals surface area contributed by atoms with E-state index in [1.54, 1.807) is 17.2 Å². The summed E-state index contributed by atoms with van der Waals surface area (Å²) < 4.78 is 13.2. The second-order valence-corrected chi connectivity index (χ2v) is 5.21. The number of aromatic hydroxyl groups is 1. The first kappa shape index (κ1) is 13.5. The number of benzene rings is 1. The molecule has 1 amide bonds. The normalized spacial score (nSPS) is 14.8. The highest BCUT2D eigenvalue weighted by Crippen LogP contribution is 2.26. The first-order chi connectivity index (χ1) is 10.1. The van der Waals surface area contributed by atoms with Gasteiger partial charge in [-0.2, -0.15) is 0 Å². The first-order valence-electron chi connectivity index (χ1n) is 6.79. The van der Waals surface area contributed by atoms with E-state index in [0.29, 0.717) is 18.7 Å². The van der Waals surface area contributed by atoms with Crippen molar-refractivity contribution in [2.24, 2.45) is 0 Å². The largest absolute Gasteiger partial charge is 0.505 e. The Labute approximate surface area is 121 Å². The number of hydrogen-bond donors (Lipinski definition) is 1. The van der Waals surface area contributed by atoms with Crippen LogP contribution in [0.5, 0.6) is 5.75 Å². The number of hydrogen-bond acceptors (Lipinski definition) is 3. The number of pyridine rings is 1. The lowest BCUT2D eigenvalue weighted by Crippen LogP contribution is -2.49. The minimum Gasteiger partial charge on any atom is -0.505 e. The van der Waals surface area contributed by atoms with Crippen LogP contribution in [0.4, 0.5) is 4.39 Å². The summed E-state index contributed by atoms with van der Waals surface area (Å²) in [6.07, 6.45) is 1.89. The molecule has 4 nitrogen and oxygen atoms in total. The van der Waals surface area contributed by atoms with Gasteiger partial charge in [-0.05, 0) is 29.8 Å². The molecule has 1 saturated heterocycles. The maximum absolute atomic E-state index is 13.2. The molecule has 0 saturated carbocycles. The van der Waals surface area contributed by atoms with Crippen molar-refractivity contribution in [2.75, 3.05) is 13.1 Å². The Morgan fingerprint density at radius 1 is 1.33 bits per heavy atom. The molecule has 1 aliphatic heterocycles. The van der Waals surface area contributed by atoms with Crippen molar-refractivity contribution in [3.8, 4) is 5.75 Å². The minimum absolute atomic E-state index is 0.0349. The van der Waals surface area contributed by atoms with Crippen molar-refractivity contribution < 1.29 is 14.3 Å². The third-order valence-corrected chi connectivity index (χ3v) is 3.71. The van der Waals surface area contributed by atoms with Gasteiger partial charge in [0.15, 0.2) is 11.6 Å². The molecule has 108 valence electrons. The average Bonchev–Trinajstić information content (AvgIpc) is 2.42. The molecule has 0 aliphatic carbocycles. The van der Waals surface area contributed by atoms with E-state index in [2.05, 4.69) is 4.98 Å². The molecule has 2 aromatic rings. The SMILES string of the molecule is O=C(Cc1ccc(O)c(F)c1)N1CC(c2ccccn2)C1. The van der Waals surface area contributed by atoms with Crippen molar-refractivity contribution in [1.82, 2.24) is 9.88 Å². The van der Waals surface area contributed by atoms with Crippen LogP contribution in [0.2, 0.25) is 0 Å². The van der Waals surface area contributed by atoms with E-state index in [-0.39, 0.29) is 18.2 Å². The summed E-state index contributed by atoms with van der Waals surface area (Å²) in [6.45, 7) is 1.30. The van der Waals surface area contributed by atoms with Crippen LogP contribution in [-0.4, -0.2) is 34.0 Å². The van der Waals surface area contributed by atoms with Crippen LogP contribution < -0.4 is 0 Å². The Morgan fingerprint density at radius 3 is 2.81 bits per heavy atom. The van der Waals surface area contributed by atoms with Gasteiger partial charge in [-0.3, -0.25) is 9.78 Å². The summed E-state index contributed by atoms with van der Waals surface area (Å²) >= 11 is 0. The van der Waals surface area contributed by atoms with Crippen LogP contribution in [0.15, 0.2) is 42.6 Å². The number of phenolic OH excluding ortho intramolecular Hbond substituents is 1. The predicted molar refractivity (Wildman–Crippen MR) is 75.3 cm³/mol. The Kier molecular flexibility index (Phi) is 3.56. The van der Waals surface area contributed by atoms with Crippen molar-refractivity contribution >= 4 is 5.91 Å². The molecular formula is C16H15FN2O2. The molecule has 0 unspecified atom stereocenters. The highest BCUT2D eigenvalue weighted by molar-refractivity contribution is 5.79. The summed E-state index contributed by atoms with van der Waals surface area (Å²) in [7, 11) is 0. The second-order valence-electron chi connectivity index (χ2n) is 5.21. The van der Waals surface area contributed by atoms with Crippen molar-refractivity contribution in [2.45, 2.75) is 12.3 Å². The molecule has 1 aliphatic rings. The summed E-state index contributed by atoms with van der Waals surface area (Å²) in [4.78, 5) is 18.1. The van der Waals surface area contributed by atoms with Gasteiger partial charge in [-0.25, -0.2) is 4.39 Å². The van der Waals surface area contributed by atoms with Crippen LogP contribution in [0.25, 0.3) is 0 Å². The van der Waals surface area contributed by atoms with Gasteiger partial charge in [0.2, 0.25) is 5.91 Å². The van der Waals surface area contributed by atoms with Gasteiger partial charge < -0.3 is 10.0 Å². The molecule has 0 bridgehead atoms. The van der Waals surface area contributed by atoms with Crippen LogP contribution in [0, 0.1) is 5.82 Å². The van der Waals surface area contributed by atoms with Crippen LogP contribution >= 0.6 is 0 Å². The smallest absolute Gasteiger partial charge is 0.227 e. The molecule has 21 heavy (non-hydrogen) atoms. The molecule has 0 atom stereocenters. The van der Waals surface area contributed by atoms with E-state index in [1.807, 2.05) is 18.2 Å². The maximum atomic E-state index is 13.2. The van der Waals surface area contributed by atoms with Crippen molar-refractivity contribution in [1.29, 1.82) is 0 Å². The molecule has 0 spiro atoms. The number of carbonyl (C=O) groups is 1. The lowest BCUT2D eigenvalue weighted by molar-refractivity contribution is -0.134. The molecule has 1 fully saturated rings. The zero-order chi connectivity index (χ0) is 14.8. The van der Waals surface area contributed by atoms with Gasteiger partial charge >= 0.3 is 0 Å². The van der Waals surface area contributed by atoms with Gasteiger partial charge in [0.1, 0.15) is 0 Å². The number of phenols is 1. The fourth-order valence-corrected chi connectivity index (χ4v) is 2.43. The Morgan fingerprint density at radius 2 is 2.14 bits per heavy atom. The lowest BCUT2D eigenvalue weighted by Gasteiger charge is -2.39.